The van der Waals surface area contributed by atoms with Crippen LogP contribution in [0.4, 0.5) is 5.69 Å². The van der Waals surface area contributed by atoms with E-state index in [-0.39, 0.29) is 23.9 Å². The van der Waals surface area contributed by atoms with Crippen LogP contribution in [0.2, 0.25) is 0 Å². The van der Waals surface area contributed by atoms with Gasteiger partial charge in [-0.25, -0.2) is 0 Å². The fourth-order valence-corrected chi connectivity index (χ4v) is 3.32. The molecule has 1 aromatic heterocycles. The molecule has 0 bridgehead atoms. The van der Waals surface area contributed by atoms with Crippen molar-refractivity contribution in [2.75, 3.05) is 0 Å². The number of ketones is 1. The molecule has 0 aliphatic carbocycles. The molecule has 0 amide bonds. The van der Waals surface area contributed by atoms with Crippen molar-refractivity contribution in [1.29, 1.82) is 0 Å². The van der Waals surface area contributed by atoms with Crippen LogP contribution < -0.4 is 0 Å². The van der Waals surface area contributed by atoms with Crippen LogP contribution in [-0.2, 0) is 0 Å². The van der Waals surface area contributed by atoms with Gasteiger partial charge < -0.3 is 0 Å². The summed E-state index contributed by atoms with van der Waals surface area (Å²) in [5.74, 6) is -0.0941. The first-order chi connectivity index (χ1) is 13.6. The number of nitro benzene ring substituents is 1. The molecule has 28 heavy (non-hydrogen) atoms. The van der Waals surface area contributed by atoms with Crippen LogP contribution in [0.25, 0.3) is 10.9 Å². The number of para-hydroxylation sites is 1. The van der Waals surface area contributed by atoms with Crippen LogP contribution in [0.3, 0.4) is 0 Å². The van der Waals surface area contributed by atoms with E-state index in [1.807, 2.05) is 59.3 Å². The van der Waals surface area contributed by atoms with Crippen LogP contribution in [0.5, 0.6) is 0 Å². The van der Waals surface area contributed by atoms with Gasteiger partial charge in [0.05, 0.1) is 22.7 Å². The highest BCUT2D eigenvalue weighted by atomic mass is 16.6. The molecule has 0 radical (unpaired) electrons. The molecule has 0 saturated heterocycles. The zero-order valence-corrected chi connectivity index (χ0v) is 14.9. The average Bonchev–Trinajstić information content (AvgIpc) is 3.16. The van der Waals surface area contributed by atoms with Crippen LogP contribution >= 0.6 is 0 Å². The predicted molar refractivity (Wildman–Crippen MR) is 106 cm³/mol. The molecule has 4 aromatic rings. The molecule has 0 aliphatic rings. The van der Waals surface area contributed by atoms with Crippen LogP contribution in [0, 0.1) is 10.1 Å². The highest BCUT2D eigenvalue weighted by Crippen LogP contribution is 2.28. The maximum atomic E-state index is 12.9. The second-order valence-electron chi connectivity index (χ2n) is 6.51. The summed E-state index contributed by atoms with van der Waals surface area (Å²) in [6, 6.07) is 23.1. The Kier molecular flexibility index (Phi) is 4.68. The Labute approximate surface area is 161 Å². The number of Topliss-reactive ketones (excluding diaryl/α,β-unsaturated/α-hetero) is 1. The Morgan fingerprint density at radius 1 is 0.964 bits per heavy atom. The molecule has 1 atom stereocenters. The Balaban J connectivity index is 1.70. The fraction of sp³-hybridized carbons (Fsp3) is 0.0909. The number of rotatable bonds is 6. The first-order valence-corrected chi connectivity index (χ1v) is 8.88. The van der Waals surface area contributed by atoms with Gasteiger partial charge in [-0.1, -0.05) is 48.5 Å². The third-order valence-electron chi connectivity index (χ3n) is 4.76. The van der Waals surface area contributed by atoms with E-state index in [4.69, 9.17) is 0 Å². The Morgan fingerprint density at radius 2 is 1.64 bits per heavy atom. The van der Waals surface area contributed by atoms with Gasteiger partial charge >= 0.3 is 0 Å². The number of aromatic nitrogens is 2. The molecule has 3 aromatic carbocycles. The highest BCUT2D eigenvalue weighted by molar-refractivity contribution is 5.96. The van der Waals surface area contributed by atoms with Crippen molar-refractivity contribution in [3.8, 4) is 0 Å². The molecule has 1 unspecified atom stereocenters. The van der Waals surface area contributed by atoms with Crippen LogP contribution in [0.15, 0.2) is 85.1 Å². The van der Waals surface area contributed by atoms with Gasteiger partial charge in [0.15, 0.2) is 5.78 Å². The number of benzene rings is 3. The maximum absolute atomic E-state index is 12.9. The molecular weight excluding hydrogens is 354 g/mol. The lowest BCUT2D eigenvalue weighted by molar-refractivity contribution is -0.384. The lowest BCUT2D eigenvalue weighted by Crippen LogP contribution is -2.16. The monoisotopic (exact) mass is 371 g/mol. The summed E-state index contributed by atoms with van der Waals surface area (Å²) < 4.78 is 1.87. The molecule has 4 rings (SSSR count). The van der Waals surface area contributed by atoms with Gasteiger partial charge in [-0.2, -0.15) is 5.10 Å². The summed E-state index contributed by atoms with van der Waals surface area (Å²) >= 11 is 0. The SMILES string of the molecule is O=C(CC(c1ccccc1)n1ncc2ccccc21)c1ccc([N+](=O)[O-])cc1. The van der Waals surface area contributed by atoms with Crippen LogP contribution in [0.1, 0.15) is 28.4 Å². The Hall–Kier alpha value is -3.80. The standard InChI is InChI=1S/C22H17N3O3/c26-22(17-10-12-19(13-11-17)25(27)28)14-21(16-6-2-1-3-7-16)24-20-9-5-4-8-18(20)15-23-24/h1-13,15,21H,14H2. The van der Waals surface area contributed by atoms with Crippen molar-refractivity contribution < 1.29 is 9.72 Å². The normalized spacial score (nSPS) is 12.0. The molecule has 0 fully saturated rings. The zero-order valence-electron chi connectivity index (χ0n) is 14.9. The molecular formula is C22H17N3O3. The second kappa shape index (κ2) is 7.44. The van der Waals surface area contributed by atoms with Crippen molar-refractivity contribution in [2.24, 2.45) is 0 Å². The molecule has 0 spiro atoms. The van der Waals surface area contributed by atoms with Gasteiger partial charge in [0.2, 0.25) is 0 Å². The van der Waals surface area contributed by atoms with Gasteiger partial charge in [-0.05, 0) is 23.8 Å². The summed E-state index contributed by atoms with van der Waals surface area (Å²) in [6.45, 7) is 0. The Bertz CT molecular complexity index is 1130. The minimum atomic E-state index is -0.475. The number of nitro groups is 1. The van der Waals surface area contributed by atoms with Crippen molar-refractivity contribution in [1.82, 2.24) is 9.78 Å². The lowest BCUT2D eigenvalue weighted by Gasteiger charge is -2.19. The van der Waals surface area contributed by atoms with E-state index >= 15 is 0 Å². The van der Waals surface area contributed by atoms with E-state index in [1.54, 1.807) is 6.20 Å². The molecule has 0 saturated carbocycles. The second-order valence-corrected chi connectivity index (χ2v) is 6.51. The summed E-state index contributed by atoms with van der Waals surface area (Å²) in [6.07, 6.45) is 2.00. The van der Waals surface area contributed by atoms with Crippen LogP contribution in [-0.4, -0.2) is 20.5 Å². The minimum absolute atomic E-state index is 0.0331. The number of hydrogen-bond acceptors (Lipinski definition) is 4. The van der Waals surface area contributed by atoms with E-state index < -0.39 is 4.92 Å². The van der Waals surface area contributed by atoms with Crippen molar-refractivity contribution in [3.05, 3.63) is 106 Å². The summed E-state index contributed by atoms with van der Waals surface area (Å²) in [4.78, 5) is 23.3. The van der Waals surface area contributed by atoms with Gasteiger partial charge in [0.25, 0.3) is 5.69 Å². The minimum Gasteiger partial charge on any atom is -0.294 e. The largest absolute Gasteiger partial charge is 0.294 e. The number of nitrogens with zero attached hydrogens (tertiary/aromatic N) is 3. The summed E-state index contributed by atoms with van der Waals surface area (Å²) in [5.41, 5.74) is 2.34. The number of carbonyl (C=O) groups is 1. The van der Waals surface area contributed by atoms with Gasteiger partial charge in [-0.15, -0.1) is 0 Å². The summed E-state index contributed by atoms with van der Waals surface area (Å²) in [7, 11) is 0. The fourth-order valence-electron chi connectivity index (χ4n) is 3.32. The number of carbonyl (C=O) groups excluding carboxylic acids is 1. The summed E-state index contributed by atoms with van der Waals surface area (Å²) in [5, 5.41) is 16.4. The van der Waals surface area contributed by atoms with Gasteiger partial charge in [0.1, 0.15) is 0 Å². The van der Waals surface area contributed by atoms with E-state index in [9.17, 15) is 14.9 Å². The molecule has 0 aliphatic heterocycles. The lowest BCUT2D eigenvalue weighted by atomic mass is 9.97. The topological polar surface area (TPSA) is 78.0 Å². The number of fused-ring (bicyclic) bond motifs is 1. The third-order valence-corrected chi connectivity index (χ3v) is 4.76. The number of hydrogen-bond donors (Lipinski definition) is 0. The average molecular weight is 371 g/mol. The van der Waals surface area contributed by atoms with Gasteiger partial charge in [0, 0.05) is 29.5 Å². The highest BCUT2D eigenvalue weighted by Gasteiger charge is 2.21. The maximum Gasteiger partial charge on any atom is 0.269 e. The Morgan fingerprint density at radius 3 is 2.36 bits per heavy atom. The quantitative estimate of drug-likeness (QED) is 0.277. The molecule has 138 valence electrons. The van der Waals surface area contributed by atoms with Gasteiger partial charge in [-0.3, -0.25) is 19.6 Å². The third kappa shape index (κ3) is 3.40. The first kappa shape index (κ1) is 17.6. The molecule has 0 N–H and O–H groups in total. The molecule has 6 nitrogen and oxygen atoms in total. The molecule has 6 heteroatoms. The number of non-ortho nitro benzene ring substituents is 1. The van der Waals surface area contributed by atoms with Crippen molar-refractivity contribution in [2.45, 2.75) is 12.5 Å². The van der Waals surface area contributed by atoms with Crippen molar-refractivity contribution >= 4 is 22.4 Å². The zero-order chi connectivity index (χ0) is 19.5. The van der Waals surface area contributed by atoms with E-state index in [2.05, 4.69) is 5.10 Å². The predicted octanol–water partition coefficient (Wildman–Crippen LogP) is 4.81. The molecule has 1 heterocycles. The first-order valence-electron chi connectivity index (χ1n) is 8.88. The van der Waals surface area contributed by atoms with E-state index in [0.29, 0.717) is 5.56 Å². The van der Waals surface area contributed by atoms with E-state index in [0.717, 1.165) is 16.5 Å². The van der Waals surface area contributed by atoms with Crippen molar-refractivity contribution in [3.63, 3.8) is 0 Å². The smallest absolute Gasteiger partial charge is 0.269 e. The van der Waals surface area contributed by atoms with E-state index in [1.165, 1.54) is 24.3 Å².